The number of amides is 3. The molecular weight excluding hydrogens is 530 g/mol. The highest BCUT2D eigenvalue weighted by molar-refractivity contribution is 6.03. The SMILES string of the molecule is C=CCN(Cc1ccccc1)C(=O)C1N(CCCO)C(=O)[C@@H]2[C@H](C(=O)N(CC=C)c3ccccc3)[C@]3(CC)CCC12O3. The Morgan fingerprint density at radius 3 is 2.31 bits per heavy atom. The van der Waals surface area contributed by atoms with E-state index in [1.165, 1.54) is 0 Å². The Morgan fingerprint density at radius 2 is 1.69 bits per heavy atom. The number of likely N-dealkylation sites (tertiary alicyclic amines) is 1. The minimum absolute atomic E-state index is 0.119. The minimum atomic E-state index is -1.13. The van der Waals surface area contributed by atoms with E-state index in [4.69, 9.17) is 4.74 Å². The number of hydrogen-bond donors (Lipinski definition) is 1. The van der Waals surface area contributed by atoms with Gasteiger partial charge >= 0.3 is 0 Å². The molecule has 0 aromatic heterocycles. The average Bonchev–Trinajstić information content (AvgIpc) is 3.62. The van der Waals surface area contributed by atoms with Gasteiger partial charge in [-0.15, -0.1) is 13.2 Å². The maximum absolute atomic E-state index is 14.5. The van der Waals surface area contributed by atoms with Gasteiger partial charge in [-0.2, -0.15) is 0 Å². The zero-order valence-corrected chi connectivity index (χ0v) is 24.4. The predicted molar refractivity (Wildman–Crippen MR) is 161 cm³/mol. The molecule has 3 amide bonds. The number of rotatable bonds is 13. The Balaban J connectivity index is 1.57. The zero-order valence-electron chi connectivity index (χ0n) is 24.4. The number of hydrogen-bond acceptors (Lipinski definition) is 5. The van der Waals surface area contributed by atoms with Crippen molar-refractivity contribution in [1.82, 2.24) is 9.80 Å². The van der Waals surface area contributed by atoms with Gasteiger partial charge in [0.2, 0.25) is 17.7 Å². The molecule has 2 aromatic rings. The van der Waals surface area contributed by atoms with Gasteiger partial charge in [-0.05, 0) is 43.4 Å². The standard InChI is InChI=1S/C34H41N3O5/c1-4-20-35(24-25-14-9-7-10-15-25)32(41)29-34-19-18-33(6-3,42-34)27(28(34)31(40)37(29)22-13-23-38)30(39)36(21-5-2)26-16-11-8-12-17-26/h4-5,7-12,14-17,27-29,38H,1-2,6,13,18-24H2,3H3/t27-,28+,29?,33+,34?/m1/s1. The average molecular weight is 572 g/mol. The lowest BCUT2D eigenvalue weighted by molar-refractivity contribution is -0.153. The Labute approximate surface area is 248 Å². The molecule has 5 atom stereocenters. The van der Waals surface area contributed by atoms with Gasteiger partial charge in [0, 0.05) is 38.5 Å². The maximum Gasteiger partial charge on any atom is 0.248 e. The molecule has 2 bridgehead atoms. The number of ether oxygens (including phenoxy) is 1. The molecule has 222 valence electrons. The van der Waals surface area contributed by atoms with Crippen LogP contribution in [0.2, 0.25) is 0 Å². The van der Waals surface area contributed by atoms with Crippen molar-refractivity contribution >= 4 is 23.4 Å². The van der Waals surface area contributed by atoms with Crippen LogP contribution in [0, 0.1) is 11.8 Å². The van der Waals surface area contributed by atoms with Crippen molar-refractivity contribution in [2.75, 3.05) is 31.1 Å². The van der Waals surface area contributed by atoms with Crippen LogP contribution in [0.5, 0.6) is 0 Å². The van der Waals surface area contributed by atoms with Gasteiger partial charge in [0.15, 0.2) is 0 Å². The molecule has 3 saturated heterocycles. The van der Waals surface area contributed by atoms with Gasteiger partial charge < -0.3 is 24.5 Å². The van der Waals surface area contributed by atoms with Crippen LogP contribution in [-0.4, -0.2) is 76.1 Å². The summed E-state index contributed by atoms with van der Waals surface area (Å²) in [5.41, 5.74) is -0.297. The first kappa shape index (κ1) is 29.7. The van der Waals surface area contributed by atoms with Crippen LogP contribution in [0.25, 0.3) is 0 Å². The van der Waals surface area contributed by atoms with Crippen LogP contribution in [0.3, 0.4) is 0 Å². The van der Waals surface area contributed by atoms with Gasteiger partial charge in [-0.3, -0.25) is 14.4 Å². The van der Waals surface area contributed by atoms with E-state index in [0.29, 0.717) is 38.8 Å². The monoisotopic (exact) mass is 571 g/mol. The van der Waals surface area contributed by atoms with E-state index < -0.39 is 29.1 Å². The molecule has 0 aliphatic carbocycles. The number of fused-ring (bicyclic) bond motifs is 1. The molecule has 3 fully saturated rings. The second kappa shape index (κ2) is 12.2. The molecule has 2 unspecified atom stereocenters. The summed E-state index contributed by atoms with van der Waals surface area (Å²) < 4.78 is 6.94. The molecule has 5 rings (SSSR count). The molecule has 42 heavy (non-hydrogen) atoms. The van der Waals surface area contributed by atoms with Crippen LogP contribution >= 0.6 is 0 Å². The third-order valence-corrected chi connectivity index (χ3v) is 9.26. The Morgan fingerprint density at radius 1 is 1.02 bits per heavy atom. The molecule has 1 spiro atoms. The minimum Gasteiger partial charge on any atom is -0.396 e. The van der Waals surface area contributed by atoms with Crippen molar-refractivity contribution in [1.29, 1.82) is 0 Å². The third-order valence-electron chi connectivity index (χ3n) is 9.26. The van der Waals surface area contributed by atoms with Crippen molar-refractivity contribution in [3.05, 3.63) is 91.5 Å². The van der Waals surface area contributed by atoms with E-state index in [1.807, 2.05) is 67.6 Å². The molecule has 1 N–H and O–H groups in total. The maximum atomic E-state index is 14.5. The Bertz CT molecular complexity index is 1320. The molecule has 2 aromatic carbocycles. The quantitative estimate of drug-likeness (QED) is 0.368. The summed E-state index contributed by atoms with van der Waals surface area (Å²) in [5.74, 6) is -2.21. The molecule has 3 aliphatic heterocycles. The molecule has 8 nitrogen and oxygen atoms in total. The van der Waals surface area contributed by atoms with Gasteiger partial charge in [-0.1, -0.05) is 67.6 Å². The fourth-order valence-corrected chi connectivity index (χ4v) is 7.45. The summed E-state index contributed by atoms with van der Waals surface area (Å²) in [7, 11) is 0. The summed E-state index contributed by atoms with van der Waals surface area (Å²) in [6.45, 7) is 10.8. The third kappa shape index (κ3) is 4.86. The van der Waals surface area contributed by atoms with E-state index in [1.54, 1.807) is 26.9 Å². The first-order valence-corrected chi connectivity index (χ1v) is 14.9. The lowest BCUT2D eigenvalue weighted by Crippen LogP contribution is -2.56. The summed E-state index contributed by atoms with van der Waals surface area (Å²) in [4.78, 5) is 48.4. The predicted octanol–water partition coefficient (Wildman–Crippen LogP) is 3.96. The topological polar surface area (TPSA) is 90.4 Å². The number of para-hydroxylation sites is 1. The lowest BCUT2D eigenvalue weighted by atomic mass is 9.64. The first-order valence-electron chi connectivity index (χ1n) is 14.9. The lowest BCUT2D eigenvalue weighted by Gasteiger charge is -2.37. The van der Waals surface area contributed by atoms with Crippen molar-refractivity contribution in [3.63, 3.8) is 0 Å². The normalized spacial score (nSPS) is 27.5. The van der Waals surface area contributed by atoms with Gasteiger partial charge in [0.05, 0.1) is 17.4 Å². The number of carbonyl (C=O) groups excluding carboxylic acids is 3. The van der Waals surface area contributed by atoms with E-state index >= 15 is 0 Å². The molecule has 3 aliphatic rings. The van der Waals surface area contributed by atoms with Crippen LogP contribution in [0.1, 0.15) is 38.2 Å². The summed E-state index contributed by atoms with van der Waals surface area (Å²) in [5, 5.41) is 9.69. The van der Waals surface area contributed by atoms with E-state index in [-0.39, 0.29) is 37.4 Å². The number of aliphatic hydroxyl groups is 1. The molecule has 0 radical (unpaired) electrons. The number of nitrogens with zero attached hydrogens (tertiary/aromatic N) is 3. The van der Waals surface area contributed by atoms with Gasteiger partial charge in [0.25, 0.3) is 0 Å². The van der Waals surface area contributed by atoms with Crippen LogP contribution in [0.15, 0.2) is 86.0 Å². The zero-order chi connectivity index (χ0) is 29.9. The van der Waals surface area contributed by atoms with E-state index in [0.717, 1.165) is 11.3 Å². The van der Waals surface area contributed by atoms with Crippen molar-refractivity contribution < 1.29 is 24.2 Å². The summed E-state index contributed by atoms with van der Waals surface area (Å²) >= 11 is 0. The van der Waals surface area contributed by atoms with E-state index in [9.17, 15) is 19.5 Å². The molecule has 3 heterocycles. The van der Waals surface area contributed by atoms with Crippen molar-refractivity contribution in [3.8, 4) is 0 Å². The van der Waals surface area contributed by atoms with Gasteiger partial charge in [-0.25, -0.2) is 0 Å². The second-order valence-corrected chi connectivity index (χ2v) is 11.5. The van der Waals surface area contributed by atoms with Gasteiger partial charge in [0.1, 0.15) is 11.6 Å². The number of benzene rings is 2. The molecule has 8 heteroatoms. The van der Waals surface area contributed by atoms with Crippen LogP contribution in [-0.2, 0) is 25.7 Å². The summed E-state index contributed by atoms with van der Waals surface area (Å²) in [6.07, 6.45) is 5.32. The smallest absolute Gasteiger partial charge is 0.248 e. The summed E-state index contributed by atoms with van der Waals surface area (Å²) in [6, 6.07) is 18.2. The highest BCUT2D eigenvalue weighted by atomic mass is 16.5. The number of aliphatic hydroxyl groups excluding tert-OH is 1. The number of carbonyl (C=O) groups is 3. The Hall–Kier alpha value is -3.75. The first-order chi connectivity index (χ1) is 20.4. The Kier molecular flexibility index (Phi) is 8.66. The van der Waals surface area contributed by atoms with E-state index in [2.05, 4.69) is 13.2 Å². The largest absolute Gasteiger partial charge is 0.396 e. The fourth-order valence-electron chi connectivity index (χ4n) is 7.45. The molecule has 0 saturated carbocycles. The van der Waals surface area contributed by atoms with Crippen molar-refractivity contribution in [2.24, 2.45) is 11.8 Å². The fraction of sp³-hybridized carbons (Fsp3) is 0.441. The van der Waals surface area contributed by atoms with Crippen LogP contribution < -0.4 is 4.90 Å². The molecular formula is C34H41N3O5. The highest BCUT2D eigenvalue weighted by Gasteiger charge is 2.79. The second-order valence-electron chi connectivity index (χ2n) is 11.5. The highest BCUT2D eigenvalue weighted by Crippen LogP contribution is 2.64. The van der Waals surface area contributed by atoms with Crippen LogP contribution in [0.4, 0.5) is 5.69 Å². The number of anilines is 1. The van der Waals surface area contributed by atoms with Crippen molar-refractivity contribution in [2.45, 2.75) is 56.4 Å².